The Hall–Kier alpha value is -1.55. The van der Waals surface area contributed by atoms with Gasteiger partial charge in [0.15, 0.2) is 0 Å². The summed E-state index contributed by atoms with van der Waals surface area (Å²) in [6.07, 6.45) is 11.3. The largest absolute Gasteiger partial charge is 0.494 e. The van der Waals surface area contributed by atoms with Gasteiger partial charge in [-0.2, -0.15) is 0 Å². The van der Waals surface area contributed by atoms with Crippen molar-refractivity contribution in [2.24, 2.45) is 0 Å². The molecule has 0 amide bonds. The van der Waals surface area contributed by atoms with Gasteiger partial charge in [-0.15, -0.1) is 22.7 Å². The summed E-state index contributed by atoms with van der Waals surface area (Å²) in [6, 6.07) is 13.2. The first-order valence-electron chi connectivity index (χ1n) is 12.4. The average molecular weight is 499 g/mol. The highest BCUT2D eigenvalue weighted by atomic mass is 35.5. The van der Waals surface area contributed by atoms with Crippen molar-refractivity contribution in [2.45, 2.75) is 78.6 Å². The highest BCUT2D eigenvalue weighted by molar-refractivity contribution is 7.16. The van der Waals surface area contributed by atoms with Crippen LogP contribution in [0.5, 0.6) is 5.75 Å². The minimum atomic E-state index is 0.816. The van der Waals surface area contributed by atoms with E-state index in [9.17, 15) is 0 Å². The van der Waals surface area contributed by atoms with E-state index in [4.69, 9.17) is 16.3 Å². The van der Waals surface area contributed by atoms with Crippen LogP contribution in [-0.4, -0.2) is 6.61 Å². The Morgan fingerprint density at radius 2 is 1.45 bits per heavy atom. The van der Waals surface area contributed by atoms with Gasteiger partial charge >= 0.3 is 0 Å². The number of benzene rings is 1. The Morgan fingerprint density at radius 3 is 2.12 bits per heavy atom. The number of hydrogen-bond acceptors (Lipinski definition) is 3. The number of unbranched alkanes of at least 4 members (excludes halogenated alkanes) is 5. The second kappa shape index (κ2) is 11.7. The number of thiophene rings is 2. The lowest BCUT2D eigenvalue weighted by atomic mass is 9.97. The molecule has 1 nitrogen and oxygen atoms in total. The third-order valence-electron chi connectivity index (χ3n) is 6.58. The van der Waals surface area contributed by atoms with Crippen LogP contribution in [0, 0.1) is 13.8 Å². The van der Waals surface area contributed by atoms with Crippen LogP contribution >= 0.6 is 34.3 Å². The zero-order chi connectivity index (χ0) is 23.2. The molecule has 33 heavy (non-hydrogen) atoms. The summed E-state index contributed by atoms with van der Waals surface area (Å²) in [5.41, 5.74) is 7.08. The molecule has 0 aliphatic heterocycles. The monoisotopic (exact) mass is 498 g/mol. The first kappa shape index (κ1) is 24.6. The smallest absolute Gasteiger partial charge is 0.119 e. The molecular weight excluding hydrogens is 464 g/mol. The summed E-state index contributed by atoms with van der Waals surface area (Å²) in [5.74, 6) is 0.978. The molecule has 0 bridgehead atoms. The Kier molecular flexibility index (Phi) is 8.73. The van der Waals surface area contributed by atoms with Crippen molar-refractivity contribution in [3.8, 4) is 16.2 Å². The summed E-state index contributed by atoms with van der Waals surface area (Å²) < 4.78 is 6.87. The van der Waals surface area contributed by atoms with E-state index in [2.05, 4.69) is 57.2 Å². The van der Waals surface area contributed by atoms with E-state index in [0.717, 1.165) is 36.0 Å². The second-order valence-corrected chi connectivity index (χ2v) is 12.2. The summed E-state index contributed by atoms with van der Waals surface area (Å²) >= 11 is 9.91. The lowest BCUT2D eigenvalue weighted by Gasteiger charge is -2.08. The summed E-state index contributed by atoms with van der Waals surface area (Å²) in [6.45, 7) is 7.53. The molecule has 2 heterocycles. The lowest BCUT2D eigenvalue weighted by Crippen LogP contribution is -1.97. The Bertz CT molecular complexity index is 1090. The van der Waals surface area contributed by atoms with Crippen LogP contribution in [0.4, 0.5) is 0 Å². The maximum atomic E-state index is 6.32. The molecule has 0 N–H and O–H groups in total. The molecule has 176 valence electrons. The Balaban J connectivity index is 1.43. The van der Waals surface area contributed by atoms with Crippen molar-refractivity contribution in [1.82, 2.24) is 0 Å². The van der Waals surface area contributed by atoms with Crippen LogP contribution in [0.3, 0.4) is 0 Å². The predicted molar refractivity (Wildman–Crippen MR) is 148 cm³/mol. The van der Waals surface area contributed by atoms with Crippen molar-refractivity contribution >= 4 is 45.4 Å². The van der Waals surface area contributed by atoms with E-state index in [1.807, 2.05) is 11.3 Å². The SMILES string of the molecule is CCCCCCCCOc1ccc(-c2cc(C3=C(c4cc(Cl)sc4C)CCC3)c(C)s2)cc1. The number of hydrogen-bond donors (Lipinski definition) is 0. The number of aryl methyl sites for hydroxylation is 2. The van der Waals surface area contributed by atoms with E-state index >= 15 is 0 Å². The van der Waals surface area contributed by atoms with Gasteiger partial charge in [-0.05, 0) is 104 Å². The van der Waals surface area contributed by atoms with E-state index in [-0.39, 0.29) is 0 Å². The fourth-order valence-electron chi connectivity index (χ4n) is 4.80. The van der Waals surface area contributed by atoms with Crippen LogP contribution in [0.15, 0.2) is 36.4 Å². The van der Waals surface area contributed by atoms with Crippen LogP contribution in [0.2, 0.25) is 4.34 Å². The van der Waals surface area contributed by atoms with Crippen molar-refractivity contribution in [1.29, 1.82) is 0 Å². The van der Waals surface area contributed by atoms with Gasteiger partial charge in [-0.25, -0.2) is 0 Å². The molecule has 1 aliphatic carbocycles. The summed E-state index contributed by atoms with van der Waals surface area (Å²) in [4.78, 5) is 4.07. The van der Waals surface area contributed by atoms with E-state index in [0.29, 0.717) is 0 Å². The van der Waals surface area contributed by atoms with Crippen molar-refractivity contribution < 1.29 is 4.74 Å². The molecular formula is C29H35ClOS2. The molecule has 0 spiro atoms. The van der Waals surface area contributed by atoms with Crippen LogP contribution in [-0.2, 0) is 0 Å². The third-order valence-corrected chi connectivity index (χ3v) is 8.86. The molecule has 1 aromatic carbocycles. The maximum Gasteiger partial charge on any atom is 0.119 e. The van der Waals surface area contributed by atoms with Crippen LogP contribution in [0.25, 0.3) is 21.6 Å². The van der Waals surface area contributed by atoms with Gasteiger partial charge in [0, 0.05) is 14.6 Å². The molecule has 4 rings (SSSR count). The highest BCUT2D eigenvalue weighted by Crippen LogP contribution is 2.46. The first-order valence-corrected chi connectivity index (χ1v) is 14.4. The van der Waals surface area contributed by atoms with E-state index in [1.165, 1.54) is 81.0 Å². The fourth-order valence-corrected chi connectivity index (χ4v) is 7.07. The third kappa shape index (κ3) is 6.12. The lowest BCUT2D eigenvalue weighted by molar-refractivity contribution is 0.304. The number of allylic oxidation sites excluding steroid dienone is 2. The molecule has 0 fully saturated rings. The summed E-state index contributed by atoms with van der Waals surface area (Å²) in [5, 5.41) is 0. The molecule has 3 aromatic rings. The molecule has 1 aliphatic rings. The fraction of sp³-hybridized carbons (Fsp3) is 0.448. The minimum absolute atomic E-state index is 0.816. The Morgan fingerprint density at radius 1 is 0.818 bits per heavy atom. The van der Waals surface area contributed by atoms with Crippen molar-refractivity contribution in [3.63, 3.8) is 0 Å². The molecule has 0 saturated heterocycles. The van der Waals surface area contributed by atoms with Crippen LogP contribution in [0.1, 0.15) is 85.6 Å². The molecule has 4 heteroatoms. The number of rotatable bonds is 11. The standard InChI is InChI=1S/C29H35ClOS2/c1-4-5-6-7-8-9-17-31-23-15-13-22(14-16-23)28-18-26(20(2)32-28)24-11-10-12-25(24)27-19-29(30)33-21(27)3/h13-16,18-19H,4-12,17H2,1-3H3. The second-order valence-electron chi connectivity index (χ2n) is 9.05. The normalized spacial score (nSPS) is 13.8. The van der Waals surface area contributed by atoms with Gasteiger partial charge in [-0.1, -0.05) is 50.6 Å². The Labute approximate surface area is 212 Å². The maximum absolute atomic E-state index is 6.32. The molecule has 2 aromatic heterocycles. The first-order chi connectivity index (χ1) is 16.1. The zero-order valence-corrected chi connectivity index (χ0v) is 22.5. The molecule has 0 radical (unpaired) electrons. The molecule has 0 saturated carbocycles. The molecule has 0 unspecified atom stereocenters. The van der Waals surface area contributed by atoms with Gasteiger partial charge < -0.3 is 4.74 Å². The van der Waals surface area contributed by atoms with Gasteiger partial charge in [-0.3, -0.25) is 0 Å². The van der Waals surface area contributed by atoms with E-state index in [1.54, 1.807) is 11.3 Å². The van der Waals surface area contributed by atoms with Gasteiger partial charge in [0.1, 0.15) is 5.75 Å². The van der Waals surface area contributed by atoms with Gasteiger partial charge in [0.05, 0.1) is 10.9 Å². The molecule has 0 atom stereocenters. The quantitative estimate of drug-likeness (QED) is 0.239. The number of ether oxygens (including phenoxy) is 1. The highest BCUT2D eigenvalue weighted by Gasteiger charge is 2.23. The zero-order valence-electron chi connectivity index (χ0n) is 20.1. The summed E-state index contributed by atoms with van der Waals surface area (Å²) in [7, 11) is 0. The predicted octanol–water partition coefficient (Wildman–Crippen LogP) is 10.6. The number of halogens is 1. The van der Waals surface area contributed by atoms with Crippen molar-refractivity contribution in [2.75, 3.05) is 6.61 Å². The van der Waals surface area contributed by atoms with Gasteiger partial charge in [0.2, 0.25) is 0 Å². The van der Waals surface area contributed by atoms with Gasteiger partial charge in [0.25, 0.3) is 0 Å². The minimum Gasteiger partial charge on any atom is -0.494 e. The average Bonchev–Trinajstić information content (AvgIpc) is 3.51. The van der Waals surface area contributed by atoms with E-state index < -0.39 is 0 Å². The topological polar surface area (TPSA) is 9.23 Å². The van der Waals surface area contributed by atoms with Crippen molar-refractivity contribution in [3.05, 3.63) is 61.6 Å². The van der Waals surface area contributed by atoms with Crippen LogP contribution < -0.4 is 4.74 Å².